The number of fused-ring (bicyclic) bond motifs is 8. The van der Waals surface area contributed by atoms with E-state index in [1.807, 2.05) is 0 Å². The summed E-state index contributed by atoms with van der Waals surface area (Å²) >= 11 is 0. The summed E-state index contributed by atoms with van der Waals surface area (Å²) in [5, 5.41) is 4.81. The van der Waals surface area contributed by atoms with Gasteiger partial charge in [0.25, 0.3) is 0 Å². The molecule has 2 atom stereocenters. The minimum Gasteiger partial charge on any atom is -0.345 e. The summed E-state index contributed by atoms with van der Waals surface area (Å²) in [7, 11) is 0. The van der Waals surface area contributed by atoms with Gasteiger partial charge < -0.3 is 4.90 Å². The Bertz CT molecular complexity index is 2840. The van der Waals surface area contributed by atoms with Crippen molar-refractivity contribution in [3.05, 3.63) is 163 Å². The average Bonchev–Trinajstić information content (AvgIpc) is 3.84. The van der Waals surface area contributed by atoms with Gasteiger partial charge in [-0.15, -0.1) is 0 Å². The number of para-hydroxylation sites is 3. The Morgan fingerprint density at radius 3 is 1.68 bits per heavy atom. The first-order chi connectivity index (χ1) is 26.2. The third-order valence-corrected chi connectivity index (χ3v) is 11.4. The molecule has 1 aliphatic carbocycles. The molecular weight excluding hydrogens is 647 g/mol. The molecule has 11 rings (SSSR count). The molecule has 5 heteroatoms. The zero-order valence-electron chi connectivity index (χ0n) is 29.5. The van der Waals surface area contributed by atoms with E-state index in [-0.39, 0.29) is 0 Å². The maximum atomic E-state index is 5.40. The van der Waals surface area contributed by atoms with Crippen molar-refractivity contribution in [3.8, 4) is 34.2 Å². The summed E-state index contributed by atoms with van der Waals surface area (Å²) in [6.45, 7) is 2.38. The molecule has 254 valence electrons. The Kier molecular flexibility index (Phi) is 6.72. The van der Waals surface area contributed by atoms with Gasteiger partial charge >= 0.3 is 0 Å². The third-order valence-electron chi connectivity index (χ3n) is 11.4. The summed E-state index contributed by atoms with van der Waals surface area (Å²) in [6.07, 6.45) is 6.03. The van der Waals surface area contributed by atoms with Crippen molar-refractivity contribution in [1.82, 2.24) is 19.1 Å². The molecule has 1 saturated carbocycles. The van der Waals surface area contributed by atoms with Crippen molar-refractivity contribution in [2.45, 2.75) is 32.2 Å². The SMILES string of the molecule is CC1CC2=CN(c3ccc(-c4nc(-n5c6ccccc6c6ccccc65)cc(-n5c6ccccc6c6cc(-c7ccccc7)ccc65)n4)cc3)C(C2)C1. The molecule has 3 aromatic heterocycles. The van der Waals surface area contributed by atoms with E-state index >= 15 is 0 Å². The normalized spacial score (nSPS) is 17.0. The number of benzene rings is 6. The van der Waals surface area contributed by atoms with Crippen molar-refractivity contribution < 1.29 is 0 Å². The highest BCUT2D eigenvalue weighted by molar-refractivity contribution is 6.11. The molecule has 2 bridgehead atoms. The molecule has 1 aliphatic heterocycles. The molecule has 53 heavy (non-hydrogen) atoms. The van der Waals surface area contributed by atoms with Crippen LogP contribution in [0.1, 0.15) is 26.2 Å². The summed E-state index contributed by atoms with van der Waals surface area (Å²) in [6, 6.07) is 54.9. The van der Waals surface area contributed by atoms with Crippen LogP contribution >= 0.6 is 0 Å². The summed E-state index contributed by atoms with van der Waals surface area (Å²) in [5.74, 6) is 3.11. The Morgan fingerprint density at radius 1 is 0.491 bits per heavy atom. The number of hydrogen-bond acceptors (Lipinski definition) is 3. The molecule has 1 fully saturated rings. The third kappa shape index (κ3) is 4.84. The summed E-state index contributed by atoms with van der Waals surface area (Å²) in [5.41, 5.74) is 10.7. The highest BCUT2D eigenvalue weighted by Crippen LogP contribution is 2.41. The van der Waals surface area contributed by atoms with Gasteiger partial charge in [0.1, 0.15) is 11.6 Å². The largest absolute Gasteiger partial charge is 0.345 e. The first kappa shape index (κ1) is 30.2. The van der Waals surface area contributed by atoms with Gasteiger partial charge in [0.2, 0.25) is 0 Å². The lowest BCUT2D eigenvalue weighted by Crippen LogP contribution is -2.29. The molecule has 0 amide bonds. The fraction of sp³-hybridized carbons (Fsp3) is 0.125. The van der Waals surface area contributed by atoms with Crippen LogP contribution in [0.5, 0.6) is 0 Å². The monoisotopic (exact) mass is 683 g/mol. The van der Waals surface area contributed by atoms with Crippen LogP contribution in [-0.2, 0) is 0 Å². The van der Waals surface area contributed by atoms with Gasteiger partial charge in [-0.25, -0.2) is 9.97 Å². The predicted molar refractivity (Wildman–Crippen MR) is 219 cm³/mol. The van der Waals surface area contributed by atoms with Crippen LogP contribution in [0.4, 0.5) is 5.69 Å². The zero-order valence-corrected chi connectivity index (χ0v) is 29.5. The molecule has 2 unspecified atom stereocenters. The Balaban J connectivity index is 1.13. The van der Waals surface area contributed by atoms with Gasteiger partial charge in [-0.3, -0.25) is 9.13 Å². The second kappa shape index (κ2) is 11.8. The molecule has 0 saturated heterocycles. The number of rotatable bonds is 5. The average molecular weight is 684 g/mol. The van der Waals surface area contributed by atoms with Crippen LogP contribution in [0.25, 0.3) is 77.8 Å². The molecule has 5 nitrogen and oxygen atoms in total. The van der Waals surface area contributed by atoms with E-state index in [0.717, 1.165) is 45.2 Å². The van der Waals surface area contributed by atoms with Crippen molar-refractivity contribution in [3.63, 3.8) is 0 Å². The molecule has 6 aromatic carbocycles. The van der Waals surface area contributed by atoms with Gasteiger partial charge in [0.05, 0.1) is 22.1 Å². The van der Waals surface area contributed by atoms with Gasteiger partial charge in [0, 0.05) is 51.1 Å². The minimum atomic E-state index is 0.554. The lowest BCUT2D eigenvalue weighted by molar-refractivity contribution is 0.423. The van der Waals surface area contributed by atoms with E-state index in [4.69, 9.17) is 9.97 Å². The van der Waals surface area contributed by atoms with Crippen molar-refractivity contribution in [1.29, 1.82) is 0 Å². The van der Waals surface area contributed by atoms with Crippen molar-refractivity contribution >= 4 is 49.3 Å². The van der Waals surface area contributed by atoms with E-state index in [0.29, 0.717) is 11.9 Å². The molecule has 0 N–H and O–H groups in total. The summed E-state index contributed by atoms with van der Waals surface area (Å²) in [4.78, 5) is 13.3. The lowest BCUT2D eigenvalue weighted by Gasteiger charge is -2.29. The zero-order chi connectivity index (χ0) is 35.0. The van der Waals surface area contributed by atoms with E-state index in [9.17, 15) is 0 Å². The number of anilines is 1. The Hall–Kier alpha value is -6.46. The van der Waals surface area contributed by atoms with Crippen LogP contribution < -0.4 is 4.90 Å². The van der Waals surface area contributed by atoms with Crippen LogP contribution in [0.15, 0.2) is 163 Å². The molecular formula is C48H37N5. The topological polar surface area (TPSA) is 38.9 Å². The van der Waals surface area contributed by atoms with E-state index in [1.165, 1.54) is 57.6 Å². The van der Waals surface area contributed by atoms with Crippen molar-refractivity contribution in [2.24, 2.45) is 5.92 Å². The van der Waals surface area contributed by atoms with Gasteiger partial charge in [0.15, 0.2) is 5.82 Å². The number of nitrogens with zero attached hydrogens (tertiary/aromatic N) is 5. The second-order valence-electron chi connectivity index (χ2n) is 14.9. The van der Waals surface area contributed by atoms with Crippen LogP contribution in [-0.4, -0.2) is 25.1 Å². The van der Waals surface area contributed by atoms with E-state index in [1.54, 1.807) is 5.57 Å². The first-order valence-corrected chi connectivity index (χ1v) is 18.7. The molecule has 2 aliphatic rings. The smallest absolute Gasteiger partial charge is 0.163 e. The first-order valence-electron chi connectivity index (χ1n) is 18.7. The predicted octanol–water partition coefficient (Wildman–Crippen LogP) is 11.9. The van der Waals surface area contributed by atoms with E-state index < -0.39 is 0 Å². The maximum absolute atomic E-state index is 5.40. The minimum absolute atomic E-state index is 0.554. The second-order valence-corrected chi connectivity index (χ2v) is 14.9. The Labute approximate surface area is 308 Å². The van der Waals surface area contributed by atoms with Crippen LogP contribution in [0, 0.1) is 5.92 Å². The molecule has 0 spiro atoms. The molecule has 0 radical (unpaired) electrons. The maximum Gasteiger partial charge on any atom is 0.163 e. The van der Waals surface area contributed by atoms with Crippen LogP contribution in [0.3, 0.4) is 0 Å². The highest BCUT2D eigenvalue weighted by atomic mass is 15.2. The quantitative estimate of drug-likeness (QED) is 0.181. The lowest BCUT2D eigenvalue weighted by atomic mass is 9.86. The van der Waals surface area contributed by atoms with Crippen LogP contribution in [0.2, 0.25) is 0 Å². The van der Waals surface area contributed by atoms with Crippen molar-refractivity contribution in [2.75, 3.05) is 4.90 Å². The van der Waals surface area contributed by atoms with E-state index in [2.05, 4.69) is 179 Å². The Morgan fingerprint density at radius 2 is 1.04 bits per heavy atom. The van der Waals surface area contributed by atoms with Gasteiger partial charge in [-0.1, -0.05) is 103 Å². The number of aromatic nitrogens is 4. The highest BCUT2D eigenvalue weighted by Gasteiger charge is 2.32. The fourth-order valence-corrected chi connectivity index (χ4v) is 9.13. The molecule has 4 heterocycles. The van der Waals surface area contributed by atoms with Gasteiger partial charge in [-0.05, 0) is 90.9 Å². The molecule has 9 aromatic rings. The van der Waals surface area contributed by atoms with Gasteiger partial charge in [-0.2, -0.15) is 0 Å². The number of hydrogen-bond donors (Lipinski definition) is 0. The summed E-state index contributed by atoms with van der Waals surface area (Å²) < 4.78 is 4.61. The fourth-order valence-electron chi connectivity index (χ4n) is 9.13. The standard InChI is InChI=1S/C48H37N5/c1-31-25-32-27-37(26-31)51(30-32)36-22-19-34(20-23-36)48-49-46(52-42-16-8-5-13-38(42)39-14-6-9-17-43(39)52)29-47(50-48)53-44-18-10-7-15-40(44)41-28-35(21-24-45(41)53)33-11-3-2-4-12-33/h2-24,28-31,37H,25-27H2,1H3.